The molecule has 0 unspecified atom stereocenters. The van der Waals surface area contributed by atoms with Gasteiger partial charge in [0, 0.05) is 107 Å². The number of halogens is 8. The fourth-order valence-corrected chi connectivity index (χ4v) is 18.7. The molecule has 16 rings (SSSR count). The topological polar surface area (TPSA) is 257 Å². The van der Waals surface area contributed by atoms with Crippen LogP contribution in [0, 0.1) is 27.7 Å². The van der Waals surface area contributed by atoms with E-state index in [0.29, 0.717) is 23.1 Å². The highest BCUT2D eigenvalue weighted by molar-refractivity contribution is 9.12. The number of nitrogens with one attached hydrogen (secondary N) is 4. The predicted octanol–water partition coefficient (Wildman–Crippen LogP) is 21.8. The minimum absolute atomic E-state index is 0.670. The largest absolute Gasteiger partial charge is 0.497 e. The second-order valence-corrected chi connectivity index (χ2v) is 32.1. The van der Waals surface area contributed by atoms with Crippen molar-refractivity contribution in [2.45, 2.75) is 27.7 Å². The molecular formula is C68H52Br8N20O4S4. The van der Waals surface area contributed by atoms with Gasteiger partial charge >= 0.3 is 0 Å². The Morgan fingerprint density at radius 1 is 0.298 bits per heavy atom. The first kappa shape index (κ1) is 74.4. The van der Waals surface area contributed by atoms with Gasteiger partial charge in [-0.05, 0) is 228 Å². The van der Waals surface area contributed by atoms with Crippen LogP contribution in [0.4, 0.5) is 43.3 Å². The minimum atomic E-state index is 0.670. The predicted molar refractivity (Wildman–Crippen MR) is 442 cm³/mol. The zero-order valence-electron chi connectivity index (χ0n) is 55.3. The smallest absolute Gasteiger partial charge is 0.234 e. The molecule has 16 aromatic rings. The van der Waals surface area contributed by atoms with Crippen molar-refractivity contribution in [2.75, 3.05) is 49.7 Å². The number of imidazole rings is 4. The van der Waals surface area contributed by atoms with Crippen molar-refractivity contribution in [3.63, 3.8) is 0 Å². The van der Waals surface area contributed by atoms with Crippen LogP contribution in [0.5, 0.6) is 23.0 Å². The maximum atomic E-state index is 5.27. The van der Waals surface area contributed by atoms with Gasteiger partial charge in [-0.2, -0.15) is 0 Å². The van der Waals surface area contributed by atoms with Gasteiger partial charge in [-0.3, -0.25) is 17.6 Å². The van der Waals surface area contributed by atoms with Crippen LogP contribution < -0.4 is 40.2 Å². The molecule has 0 aliphatic carbocycles. The number of benzene rings is 4. The van der Waals surface area contributed by atoms with Gasteiger partial charge in [-0.15, -0.1) is 45.3 Å². The first-order valence-corrected chi connectivity index (χ1v) is 40.4. The van der Waals surface area contributed by atoms with Crippen molar-refractivity contribution in [2.24, 2.45) is 0 Å². The molecule has 36 heteroatoms. The molecule has 4 aromatic carbocycles. The van der Waals surface area contributed by atoms with E-state index < -0.39 is 0 Å². The van der Waals surface area contributed by atoms with Gasteiger partial charge in [0.25, 0.3) is 0 Å². The van der Waals surface area contributed by atoms with E-state index in [-0.39, 0.29) is 0 Å². The maximum absolute atomic E-state index is 5.27. The first-order valence-electron chi connectivity index (χ1n) is 30.5. The third-order valence-corrected chi connectivity index (χ3v) is 23.3. The lowest BCUT2D eigenvalue weighted by Crippen LogP contribution is -1.95. The summed E-state index contributed by atoms with van der Waals surface area (Å²) in [6.07, 6.45) is 14.7. The number of nitrogens with zero attached hydrogens (tertiary/aromatic N) is 16. The molecule has 12 aromatic heterocycles. The van der Waals surface area contributed by atoms with Crippen molar-refractivity contribution in [3.8, 4) is 68.5 Å². The number of fused-ring (bicyclic) bond motifs is 4. The Morgan fingerprint density at radius 3 is 0.673 bits per heavy atom. The van der Waals surface area contributed by atoms with Crippen LogP contribution in [-0.4, -0.2) is 106 Å². The van der Waals surface area contributed by atoms with Crippen molar-refractivity contribution >= 4 is 239 Å². The van der Waals surface area contributed by atoms with E-state index >= 15 is 0 Å². The van der Waals surface area contributed by atoms with Gasteiger partial charge in [0.1, 0.15) is 45.8 Å². The van der Waals surface area contributed by atoms with Crippen molar-refractivity contribution < 1.29 is 18.9 Å². The first-order chi connectivity index (χ1) is 50.3. The van der Waals surface area contributed by atoms with E-state index in [9.17, 15) is 0 Å². The van der Waals surface area contributed by atoms with E-state index in [1.165, 1.54) is 45.3 Å². The fraction of sp³-hybridized carbons (Fsp3) is 0.118. The number of anilines is 8. The summed E-state index contributed by atoms with van der Waals surface area (Å²) in [6, 6.07) is 22.8. The van der Waals surface area contributed by atoms with Gasteiger partial charge in [-0.25, -0.2) is 59.8 Å². The maximum Gasteiger partial charge on any atom is 0.234 e. The molecule has 0 bridgehead atoms. The SMILES string of the molecule is COc1cc(Br)c(Nc2nc(-c3c(C)nc4ncccn34)cs2)c(Br)c1.COc1cc(Br)c(Nc2nc(-c3c(C)nc4ncccn34)cs2)c(Br)c1.COc1cc(Br)c(Nc2nc(-c3c(C)nc4ncccn34)cs2)c(Br)c1.COc1cc(Br)c(Nc2nc(-c3c(C)nc4ncccn34)cs2)c(Br)c1. The van der Waals surface area contributed by atoms with Crippen LogP contribution in [-0.2, 0) is 0 Å². The molecule has 4 N–H and O–H groups in total. The van der Waals surface area contributed by atoms with Crippen LogP contribution in [0.3, 0.4) is 0 Å². The number of hydrogen-bond donors (Lipinski definition) is 4. The second kappa shape index (κ2) is 32.9. The Kier molecular flexibility index (Phi) is 23.5. The monoisotopic (exact) mass is 1970 g/mol. The van der Waals surface area contributed by atoms with Crippen LogP contribution in [0.25, 0.3) is 68.7 Å². The third kappa shape index (κ3) is 16.2. The summed E-state index contributed by atoms with van der Waals surface area (Å²) < 4.78 is 36.0. The van der Waals surface area contributed by atoms with E-state index in [1.807, 2.05) is 164 Å². The summed E-state index contributed by atoms with van der Waals surface area (Å²) in [7, 11) is 6.56. The lowest BCUT2D eigenvalue weighted by atomic mass is 10.3. The Morgan fingerprint density at radius 2 is 0.490 bits per heavy atom. The molecule has 0 amide bonds. The molecule has 528 valence electrons. The summed E-state index contributed by atoms with van der Waals surface area (Å²) in [5, 5.41) is 24.6. The van der Waals surface area contributed by atoms with Crippen LogP contribution in [0.1, 0.15) is 22.8 Å². The van der Waals surface area contributed by atoms with Crippen LogP contribution in [0.2, 0.25) is 0 Å². The second-order valence-electron chi connectivity index (χ2n) is 21.9. The highest BCUT2D eigenvalue weighted by Gasteiger charge is 2.22. The Bertz CT molecular complexity index is 5040. The molecule has 0 radical (unpaired) electrons. The van der Waals surface area contributed by atoms with Gasteiger partial charge in [-0.1, -0.05) is 0 Å². The van der Waals surface area contributed by atoms with Gasteiger partial charge < -0.3 is 40.2 Å². The van der Waals surface area contributed by atoms with Crippen molar-refractivity contribution in [1.82, 2.24) is 77.4 Å². The molecule has 12 heterocycles. The number of thiazole rings is 4. The number of hydrogen-bond acceptors (Lipinski definition) is 24. The molecular weight excluding hydrogens is 1930 g/mol. The Balaban J connectivity index is 0.000000123. The molecule has 0 fully saturated rings. The molecule has 24 nitrogen and oxygen atoms in total. The molecule has 0 aliphatic heterocycles. The summed E-state index contributed by atoms with van der Waals surface area (Å²) in [5.41, 5.74) is 14.4. The van der Waals surface area contributed by atoms with E-state index in [2.05, 4.69) is 189 Å². The average Bonchev–Trinajstić information content (AvgIpc) is 1.63. The van der Waals surface area contributed by atoms with E-state index in [0.717, 1.165) is 170 Å². The molecule has 0 aliphatic rings. The zero-order valence-corrected chi connectivity index (χ0v) is 71.3. The van der Waals surface area contributed by atoms with Crippen molar-refractivity contribution in [1.29, 1.82) is 0 Å². The Hall–Kier alpha value is -7.88. The van der Waals surface area contributed by atoms with Crippen molar-refractivity contribution in [3.05, 3.63) is 202 Å². The molecule has 0 spiro atoms. The summed E-state index contributed by atoms with van der Waals surface area (Å²) in [4.78, 5) is 54.1. The van der Waals surface area contributed by atoms with Crippen LogP contribution in [0.15, 0.2) is 180 Å². The number of aromatic nitrogens is 16. The number of rotatable bonds is 16. The van der Waals surface area contributed by atoms with E-state index in [4.69, 9.17) is 38.9 Å². The fourth-order valence-electron chi connectivity index (χ4n) is 10.6. The highest BCUT2D eigenvalue weighted by Crippen LogP contribution is 2.44. The van der Waals surface area contributed by atoms with Gasteiger partial charge in [0.2, 0.25) is 23.1 Å². The molecule has 0 atom stereocenters. The lowest BCUT2D eigenvalue weighted by Gasteiger charge is -2.10. The summed E-state index contributed by atoms with van der Waals surface area (Å²) >= 11 is 34.7. The quantitative estimate of drug-likeness (QED) is 0.0701. The molecule has 104 heavy (non-hydrogen) atoms. The van der Waals surface area contributed by atoms with Gasteiger partial charge in [0.05, 0.1) is 96.7 Å². The minimum Gasteiger partial charge on any atom is -0.497 e. The van der Waals surface area contributed by atoms with E-state index in [1.54, 1.807) is 53.2 Å². The van der Waals surface area contributed by atoms with Gasteiger partial charge in [0.15, 0.2) is 20.5 Å². The molecule has 0 saturated heterocycles. The number of ether oxygens (including phenoxy) is 4. The lowest BCUT2D eigenvalue weighted by molar-refractivity contribution is 0.414. The zero-order chi connectivity index (χ0) is 73.0. The normalized spacial score (nSPS) is 11.1. The summed E-state index contributed by atoms with van der Waals surface area (Å²) in [5.74, 6) is 5.74. The molecule has 0 saturated carbocycles. The Labute approximate surface area is 676 Å². The number of aryl methyl sites for hydroxylation is 4. The average molecular weight is 1980 g/mol. The standard InChI is InChI=1S/4C17H13Br2N5OS/c4*1-9-15(24-5-3-4-20-16(24)21-9)13-8-26-17(22-13)23-14-11(18)6-10(25-2)7-12(14)19/h4*3-8H,1-2H3,(H,22,23). The third-order valence-electron chi connectivity index (χ3n) is 15.2. The number of methoxy groups -OCH3 is 4. The highest BCUT2D eigenvalue weighted by atomic mass is 79.9. The van der Waals surface area contributed by atoms with Crippen LogP contribution >= 0.6 is 173 Å². The summed E-state index contributed by atoms with van der Waals surface area (Å²) in [6.45, 7) is 7.86.